The van der Waals surface area contributed by atoms with E-state index in [9.17, 15) is 13.2 Å². The van der Waals surface area contributed by atoms with Gasteiger partial charge in [-0.25, -0.2) is 10.8 Å². The molecule has 0 aliphatic heterocycles. The minimum absolute atomic E-state index is 0.143. The molecule has 1 saturated carbocycles. The molecule has 0 aromatic carbocycles. The number of nitrogens with zero attached hydrogens (tertiary/aromatic N) is 2. The lowest BCUT2D eigenvalue weighted by molar-refractivity contribution is -0.141. The molecule has 0 bridgehead atoms. The van der Waals surface area contributed by atoms with Crippen LogP contribution in [0, 0.1) is 0 Å². The van der Waals surface area contributed by atoms with Crippen LogP contribution in [0.4, 0.5) is 24.9 Å². The highest BCUT2D eigenvalue weighted by Gasteiger charge is 2.34. The largest absolute Gasteiger partial charge is 0.433 e. The van der Waals surface area contributed by atoms with Crippen molar-refractivity contribution in [3.63, 3.8) is 0 Å². The van der Waals surface area contributed by atoms with Crippen LogP contribution in [0.25, 0.3) is 0 Å². The van der Waals surface area contributed by atoms with Gasteiger partial charge in [0.1, 0.15) is 5.82 Å². The van der Waals surface area contributed by atoms with Crippen molar-refractivity contribution >= 4 is 11.8 Å². The molecule has 0 amide bonds. The zero-order valence-electron chi connectivity index (χ0n) is 11.2. The van der Waals surface area contributed by atoms with Crippen LogP contribution >= 0.6 is 0 Å². The lowest BCUT2D eigenvalue weighted by Crippen LogP contribution is -2.37. The number of aromatic nitrogens is 2. The summed E-state index contributed by atoms with van der Waals surface area (Å²) in [6, 6.07) is 0.917. The van der Waals surface area contributed by atoms with E-state index >= 15 is 0 Å². The van der Waals surface area contributed by atoms with Gasteiger partial charge in [-0.1, -0.05) is 19.3 Å². The number of nitrogens with one attached hydrogen (secondary N) is 2. The Morgan fingerprint density at radius 2 is 1.85 bits per heavy atom. The number of hydrogen-bond acceptors (Lipinski definition) is 5. The first-order chi connectivity index (χ1) is 9.32. The maximum atomic E-state index is 12.8. The molecule has 1 aliphatic carbocycles. The summed E-state index contributed by atoms with van der Waals surface area (Å²) in [5, 5.41) is 3.10. The SMILES string of the molecule is CC1(Nc2cc(C(F)(F)F)nc(NN)n2)CCCCC1. The molecule has 1 aromatic heterocycles. The summed E-state index contributed by atoms with van der Waals surface area (Å²) in [5.74, 6) is 5.02. The molecular formula is C12H18F3N5. The van der Waals surface area contributed by atoms with Gasteiger partial charge in [0.15, 0.2) is 5.69 Å². The average Bonchev–Trinajstić information content (AvgIpc) is 2.37. The van der Waals surface area contributed by atoms with Gasteiger partial charge in [0, 0.05) is 11.6 Å². The van der Waals surface area contributed by atoms with Crippen molar-refractivity contribution in [3.05, 3.63) is 11.8 Å². The molecule has 1 heterocycles. The first-order valence-electron chi connectivity index (χ1n) is 6.53. The molecule has 4 N–H and O–H groups in total. The second kappa shape index (κ2) is 5.43. The van der Waals surface area contributed by atoms with Crippen molar-refractivity contribution in [2.75, 3.05) is 10.7 Å². The molecule has 0 unspecified atom stereocenters. The molecule has 0 saturated heterocycles. The Morgan fingerprint density at radius 1 is 1.20 bits per heavy atom. The Labute approximate surface area is 115 Å². The second-order valence-corrected chi connectivity index (χ2v) is 5.35. The van der Waals surface area contributed by atoms with Crippen molar-refractivity contribution < 1.29 is 13.2 Å². The van der Waals surface area contributed by atoms with E-state index in [0.29, 0.717) is 0 Å². The van der Waals surface area contributed by atoms with Gasteiger partial charge in [-0.05, 0) is 19.8 Å². The molecule has 0 spiro atoms. The number of hydrazine groups is 1. The van der Waals surface area contributed by atoms with E-state index in [0.717, 1.165) is 38.2 Å². The van der Waals surface area contributed by atoms with E-state index in [2.05, 4.69) is 20.7 Å². The van der Waals surface area contributed by atoms with Gasteiger partial charge in [0.05, 0.1) is 0 Å². The van der Waals surface area contributed by atoms with Gasteiger partial charge in [-0.15, -0.1) is 0 Å². The molecule has 112 valence electrons. The molecule has 2 rings (SSSR count). The van der Waals surface area contributed by atoms with E-state index < -0.39 is 11.9 Å². The fourth-order valence-corrected chi connectivity index (χ4v) is 2.49. The van der Waals surface area contributed by atoms with Crippen LogP contribution in [0.1, 0.15) is 44.7 Å². The Hall–Kier alpha value is -1.57. The maximum absolute atomic E-state index is 12.8. The summed E-state index contributed by atoms with van der Waals surface area (Å²) in [4.78, 5) is 7.27. The number of alkyl halides is 3. The van der Waals surface area contributed by atoms with E-state index in [1.54, 1.807) is 0 Å². The Kier molecular flexibility index (Phi) is 4.03. The van der Waals surface area contributed by atoms with Crippen LogP contribution in [0.3, 0.4) is 0 Å². The third kappa shape index (κ3) is 3.50. The van der Waals surface area contributed by atoms with E-state index in [4.69, 9.17) is 5.84 Å². The van der Waals surface area contributed by atoms with Gasteiger partial charge >= 0.3 is 6.18 Å². The molecular weight excluding hydrogens is 271 g/mol. The second-order valence-electron chi connectivity index (χ2n) is 5.35. The number of rotatable bonds is 3. The van der Waals surface area contributed by atoms with Crippen molar-refractivity contribution in [1.82, 2.24) is 9.97 Å². The molecule has 0 radical (unpaired) electrons. The van der Waals surface area contributed by atoms with Crippen LogP contribution in [0.2, 0.25) is 0 Å². The number of hydrogen-bond donors (Lipinski definition) is 3. The Bertz CT molecular complexity index is 469. The smallest absolute Gasteiger partial charge is 0.365 e. The Morgan fingerprint density at radius 3 is 2.40 bits per heavy atom. The minimum Gasteiger partial charge on any atom is -0.365 e. The van der Waals surface area contributed by atoms with Crippen molar-refractivity contribution in [2.45, 2.75) is 50.7 Å². The zero-order chi connectivity index (χ0) is 14.8. The van der Waals surface area contributed by atoms with Crippen LogP contribution < -0.4 is 16.6 Å². The molecule has 0 atom stereocenters. The monoisotopic (exact) mass is 289 g/mol. The highest BCUT2D eigenvalue weighted by Crippen LogP contribution is 2.33. The molecule has 1 fully saturated rings. The molecule has 20 heavy (non-hydrogen) atoms. The molecule has 8 heteroatoms. The van der Waals surface area contributed by atoms with Gasteiger partial charge in [0.25, 0.3) is 0 Å². The predicted molar refractivity (Wildman–Crippen MR) is 70.0 cm³/mol. The van der Waals surface area contributed by atoms with Gasteiger partial charge in [0.2, 0.25) is 5.95 Å². The molecule has 1 aromatic rings. The predicted octanol–water partition coefficient (Wildman–Crippen LogP) is 2.92. The standard InChI is InChI=1S/C12H18F3N5/c1-11(5-3-2-4-6-11)19-9-7-8(12(13,14)15)17-10(18-9)20-16/h7H,2-6,16H2,1H3,(H2,17,18,19,20). The lowest BCUT2D eigenvalue weighted by Gasteiger charge is -2.35. The molecule has 5 nitrogen and oxygen atoms in total. The zero-order valence-corrected chi connectivity index (χ0v) is 11.2. The summed E-state index contributed by atoms with van der Waals surface area (Å²) in [5.41, 5.74) is 0.821. The number of nitrogen functional groups attached to an aromatic ring is 1. The third-order valence-electron chi connectivity index (χ3n) is 3.53. The first-order valence-corrected chi connectivity index (χ1v) is 6.53. The van der Waals surface area contributed by atoms with Gasteiger partial charge in [-0.3, -0.25) is 5.43 Å². The quantitative estimate of drug-likeness (QED) is 0.589. The fourth-order valence-electron chi connectivity index (χ4n) is 2.49. The minimum atomic E-state index is -4.53. The lowest BCUT2D eigenvalue weighted by atomic mass is 9.83. The van der Waals surface area contributed by atoms with Gasteiger partial charge in [-0.2, -0.15) is 18.2 Å². The molecule has 1 aliphatic rings. The van der Waals surface area contributed by atoms with Crippen molar-refractivity contribution in [2.24, 2.45) is 5.84 Å². The van der Waals surface area contributed by atoms with Crippen molar-refractivity contribution in [1.29, 1.82) is 0 Å². The number of nitrogens with two attached hydrogens (primary N) is 1. The highest BCUT2D eigenvalue weighted by molar-refractivity contribution is 5.44. The third-order valence-corrected chi connectivity index (χ3v) is 3.53. The van der Waals surface area contributed by atoms with Crippen molar-refractivity contribution in [3.8, 4) is 0 Å². The average molecular weight is 289 g/mol. The van der Waals surface area contributed by atoms with Crippen LogP contribution in [-0.4, -0.2) is 15.5 Å². The summed E-state index contributed by atoms with van der Waals surface area (Å²) >= 11 is 0. The van der Waals surface area contributed by atoms with Crippen LogP contribution in [0.5, 0.6) is 0 Å². The topological polar surface area (TPSA) is 75.9 Å². The maximum Gasteiger partial charge on any atom is 0.433 e. The fraction of sp³-hybridized carbons (Fsp3) is 0.667. The van der Waals surface area contributed by atoms with Gasteiger partial charge < -0.3 is 5.32 Å². The number of halogens is 3. The summed E-state index contributed by atoms with van der Waals surface area (Å²) in [6.45, 7) is 2.00. The first kappa shape index (κ1) is 14.8. The van der Waals surface area contributed by atoms with E-state index in [1.807, 2.05) is 6.92 Å². The van der Waals surface area contributed by atoms with Crippen LogP contribution in [-0.2, 0) is 6.18 Å². The van der Waals surface area contributed by atoms with Crippen LogP contribution in [0.15, 0.2) is 6.07 Å². The highest BCUT2D eigenvalue weighted by atomic mass is 19.4. The van der Waals surface area contributed by atoms with E-state index in [-0.39, 0.29) is 17.3 Å². The summed E-state index contributed by atoms with van der Waals surface area (Å²) < 4.78 is 38.3. The summed E-state index contributed by atoms with van der Waals surface area (Å²) in [6.07, 6.45) is 0.557. The van der Waals surface area contributed by atoms with E-state index in [1.165, 1.54) is 0 Å². The Balaban J connectivity index is 2.26. The normalized spacial score (nSPS) is 18.6. The summed E-state index contributed by atoms with van der Waals surface area (Å²) in [7, 11) is 0. The number of anilines is 2.